The van der Waals surface area contributed by atoms with Crippen LogP contribution in [0, 0.1) is 5.82 Å². The first-order valence-corrected chi connectivity index (χ1v) is 9.23. The number of hydrogen-bond donors (Lipinski definition) is 0. The molecule has 142 valence electrons. The Hall–Kier alpha value is -3.12. The average Bonchev–Trinajstić information content (AvgIpc) is 3.31. The molecule has 0 fully saturated rings. The topological polar surface area (TPSA) is 43.7 Å². The van der Waals surface area contributed by atoms with Crippen LogP contribution in [0.2, 0.25) is 0 Å². The molecule has 3 heterocycles. The lowest BCUT2D eigenvalue weighted by Gasteiger charge is -2.22. The van der Waals surface area contributed by atoms with Gasteiger partial charge in [0.15, 0.2) is 11.5 Å². The predicted octanol–water partition coefficient (Wildman–Crippen LogP) is 3.92. The number of benzene rings is 2. The number of fused-ring (bicyclic) bond motifs is 2. The highest BCUT2D eigenvalue weighted by Crippen LogP contribution is 2.34. The standard InChI is InChI=1S/C22H19FN2O3/c1-24-8-6-14(7-9-24)19-11-16-10-17(23)3-4-18(16)25(19)22(26)15-2-5-20-21(12-15)28-13-27-20/h2-6,10-12H,7-9,13H2,1H3. The minimum absolute atomic E-state index is 0.157. The first kappa shape index (κ1) is 17.0. The van der Waals surface area contributed by atoms with E-state index >= 15 is 0 Å². The maximum Gasteiger partial charge on any atom is 0.263 e. The van der Waals surface area contributed by atoms with Crippen molar-refractivity contribution in [3.05, 3.63) is 65.6 Å². The van der Waals surface area contributed by atoms with E-state index in [-0.39, 0.29) is 18.5 Å². The predicted molar refractivity (Wildman–Crippen MR) is 104 cm³/mol. The van der Waals surface area contributed by atoms with Gasteiger partial charge in [-0.25, -0.2) is 4.39 Å². The van der Waals surface area contributed by atoms with E-state index in [1.165, 1.54) is 12.1 Å². The third kappa shape index (κ3) is 2.77. The average molecular weight is 378 g/mol. The zero-order valence-corrected chi connectivity index (χ0v) is 15.4. The molecule has 0 unspecified atom stereocenters. The quantitative estimate of drug-likeness (QED) is 0.678. The molecule has 6 heteroatoms. The summed E-state index contributed by atoms with van der Waals surface area (Å²) in [7, 11) is 2.07. The zero-order chi connectivity index (χ0) is 19.3. The van der Waals surface area contributed by atoms with Crippen molar-refractivity contribution in [3.8, 4) is 11.5 Å². The third-order valence-electron chi connectivity index (χ3n) is 5.33. The van der Waals surface area contributed by atoms with Gasteiger partial charge >= 0.3 is 0 Å². The Morgan fingerprint density at radius 3 is 2.75 bits per heavy atom. The van der Waals surface area contributed by atoms with Gasteiger partial charge in [0, 0.05) is 24.0 Å². The number of halogens is 1. The molecule has 0 aliphatic carbocycles. The largest absolute Gasteiger partial charge is 0.454 e. The maximum absolute atomic E-state index is 13.8. The van der Waals surface area contributed by atoms with Gasteiger partial charge in [-0.3, -0.25) is 9.36 Å². The van der Waals surface area contributed by atoms with Gasteiger partial charge < -0.3 is 14.4 Å². The van der Waals surface area contributed by atoms with Crippen molar-refractivity contribution in [1.82, 2.24) is 9.47 Å². The van der Waals surface area contributed by atoms with Crippen LogP contribution in [0.1, 0.15) is 22.5 Å². The molecule has 0 N–H and O–H groups in total. The highest BCUT2D eigenvalue weighted by atomic mass is 19.1. The molecule has 2 aliphatic rings. The maximum atomic E-state index is 13.8. The number of likely N-dealkylation sites (N-methyl/N-ethyl adjacent to an activating group) is 1. The number of carbonyl (C=O) groups is 1. The Bertz CT molecular complexity index is 1130. The van der Waals surface area contributed by atoms with Crippen molar-refractivity contribution in [3.63, 3.8) is 0 Å². The fraction of sp³-hybridized carbons (Fsp3) is 0.227. The van der Waals surface area contributed by atoms with Crippen LogP contribution < -0.4 is 9.47 Å². The molecule has 1 aromatic heterocycles. The Morgan fingerprint density at radius 1 is 1.07 bits per heavy atom. The van der Waals surface area contributed by atoms with Crippen LogP contribution >= 0.6 is 0 Å². The molecule has 0 bridgehead atoms. The van der Waals surface area contributed by atoms with Crippen LogP contribution in [0.4, 0.5) is 4.39 Å². The normalized spacial score (nSPS) is 16.4. The van der Waals surface area contributed by atoms with E-state index < -0.39 is 0 Å². The van der Waals surface area contributed by atoms with Crippen molar-refractivity contribution >= 4 is 22.4 Å². The van der Waals surface area contributed by atoms with Gasteiger partial charge in [0.1, 0.15) is 5.82 Å². The minimum atomic E-state index is -0.316. The molecule has 0 atom stereocenters. The highest BCUT2D eigenvalue weighted by Gasteiger charge is 2.23. The highest BCUT2D eigenvalue weighted by molar-refractivity contribution is 6.05. The van der Waals surface area contributed by atoms with Crippen LogP contribution in [0.25, 0.3) is 16.5 Å². The molecule has 2 aromatic carbocycles. The fourth-order valence-electron chi connectivity index (χ4n) is 3.80. The van der Waals surface area contributed by atoms with E-state index in [4.69, 9.17) is 9.47 Å². The number of rotatable bonds is 2. The Balaban J connectivity index is 1.66. The summed E-state index contributed by atoms with van der Waals surface area (Å²) in [5.41, 5.74) is 3.11. The van der Waals surface area contributed by atoms with E-state index in [1.807, 2.05) is 6.07 Å². The van der Waals surface area contributed by atoms with Crippen molar-refractivity contribution in [1.29, 1.82) is 0 Å². The Labute approximate surface area is 161 Å². The molecular formula is C22H19FN2O3. The first-order chi connectivity index (χ1) is 13.6. The van der Waals surface area contributed by atoms with Gasteiger partial charge in [0.25, 0.3) is 5.91 Å². The fourth-order valence-corrected chi connectivity index (χ4v) is 3.80. The van der Waals surface area contributed by atoms with E-state index in [1.54, 1.807) is 28.8 Å². The summed E-state index contributed by atoms with van der Waals surface area (Å²) in [5, 5.41) is 0.712. The summed E-state index contributed by atoms with van der Waals surface area (Å²) >= 11 is 0. The molecule has 0 radical (unpaired) electrons. The van der Waals surface area contributed by atoms with Gasteiger partial charge in [0.05, 0.1) is 11.2 Å². The lowest BCUT2D eigenvalue weighted by Crippen LogP contribution is -2.25. The first-order valence-electron chi connectivity index (χ1n) is 9.23. The number of hydrogen-bond acceptors (Lipinski definition) is 4. The molecule has 5 nitrogen and oxygen atoms in total. The van der Waals surface area contributed by atoms with E-state index in [2.05, 4.69) is 18.0 Å². The number of nitrogens with zero attached hydrogens (tertiary/aromatic N) is 2. The Morgan fingerprint density at radius 2 is 1.93 bits per heavy atom. The van der Waals surface area contributed by atoms with Crippen LogP contribution in [0.3, 0.4) is 0 Å². The van der Waals surface area contributed by atoms with Crippen molar-refractivity contribution in [2.24, 2.45) is 0 Å². The smallest absolute Gasteiger partial charge is 0.263 e. The third-order valence-corrected chi connectivity index (χ3v) is 5.33. The zero-order valence-electron chi connectivity index (χ0n) is 15.4. The molecule has 2 aliphatic heterocycles. The number of aromatic nitrogens is 1. The van der Waals surface area contributed by atoms with Crippen molar-refractivity contribution < 1.29 is 18.7 Å². The van der Waals surface area contributed by atoms with Gasteiger partial charge in [-0.15, -0.1) is 0 Å². The van der Waals surface area contributed by atoms with E-state index in [9.17, 15) is 9.18 Å². The summed E-state index contributed by atoms with van der Waals surface area (Å²) in [6.45, 7) is 1.90. The molecule has 0 spiro atoms. The van der Waals surface area contributed by atoms with E-state index in [0.717, 1.165) is 30.8 Å². The lowest BCUT2D eigenvalue weighted by atomic mass is 10.0. The Kier molecular flexibility index (Phi) is 3.94. The summed E-state index contributed by atoms with van der Waals surface area (Å²) < 4.78 is 26.2. The minimum Gasteiger partial charge on any atom is -0.454 e. The van der Waals surface area contributed by atoms with Crippen LogP contribution in [0.5, 0.6) is 11.5 Å². The number of ether oxygens (including phenoxy) is 2. The molecular weight excluding hydrogens is 359 g/mol. The van der Waals surface area contributed by atoms with E-state index in [0.29, 0.717) is 28.0 Å². The summed E-state index contributed by atoms with van der Waals surface area (Å²) in [4.78, 5) is 15.7. The number of carbonyl (C=O) groups excluding carboxylic acids is 1. The monoisotopic (exact) mass is 378 g/mol. The van der Waals surface area contributed by atoms with Crippen LogP contribution in [-0.2, 0) is 0 Å². The second-order valence-corrected chi connectivity index (χ2v) is 7.18. The molecule has 0 saturated heterocycles. The summed E-state index contributed by atoms with van der Waals surface area (Å²) in [5.74, 6) is 0.710. The van der Waals surface area contributed by atoms with Crippen LogP contribution in [0.15, 0.2) is 48.5 Å². The van der Waals surface area contributed by atoms with Crippen molar-refractivity contribution in [2.75, 3.05) is 26.9 Å². The van der Waals surface area contributed by atoms with Gasteiger partial charge in [-0.2, -0.15) is 0 Å². The second kappa shape index (κ2) is 6.49. The summed E-state index contributed by atoms with van der Waals surface area (Å²) in [6, 6.07) is 11.6. The van der Waals surface area contributed by atoms with Gasteiger partial charge in [-0.05, 0) is 61.5 Å². The molecule has 0 saturated carbocycles. The molecule has 28 heavy (non-hydrogen) atoms. The summed E-state index contributed by atoms with van der Waals surface area (Å²) in [6.07, 6.45) is 2.97. The molecule has 0 amide bonds. The lowest BCUT2D eigenvalue weighted by molar-refractivity contribution is 0.0963. The molecule has 5 rings (SSSR count). The molecule has 3 aromatic rings. The van der Waals surface area contributed by atoms with Crippen LogP contribution in [-0.4, -0.2) is 42.3 Å². The van der Waals surface area contributed by atoms with Crippen molar-refractivity contribution in [2.45, 2.75) is 6.42 Å². The SMILES string of the molecule is CN1CC=C(c2cc3cc(F)ccc3n2C(=O)c2ccc3c(c2)OCO3)CC1. The second-order valence-electron chi connectivity index (χ2n) is 7.18. The van der Waals surface area contributed by atoms with Gasteiger partial charge in [0.2, 0.25) is 6.79 Å². The van der Waals surface area contributed by atoms with Gasteiger partial charge in [-0.1, -0.05) is 6.08 Å².